The van der Waals surface area contributed by atoms with Gasteiger partial charge in [-0.15, -0.1) is 12.4 Å². The van der Waals surface area contributed by atoms with E-state index in [9.17, 15) is 28.8 Å². The lowest BCUT2D eigenvalue weighted by molar-refractivity contribution is -0.138. The van der Waals surface area contributed by atoms with Crippen LogP contribution in [0.2, 0.25) is 0 Å². The molecule has 0 saturated carbocycles. The third kappa shape index (κ3) is 15.9. The predicted molar refractivity (Wildman–Crippen MR) is 314 cm³/mol. The number of carbonyl (C=O) groups excluding carboxylic acids is 5. The van der Waals surface area contributed by atoms with E-state index in [0.717, 1.165) is 59.4 Å². The van der Waals surface area contributed by atoms with E-state index in [0.29, 0.717) is 52.1 Å². The maximum absolute atomic E-state index is 13.3. The zero-order chi connectivity index (χ0) is 53.6. The number of Topliss-reactive ketones (excluding diaryl/α,β-unsaturated/α-hetero) is 2. The van der Waals surface area contributed by atoms with Crippen LogP contribution in [0.3, 0.4) is 0 Å². The fourth-order valence-electron chi connectivity index (χ4n) is 8.79. The van der Waals surface area contributed by atoms with Gasteiger partial charge in [-0.3, -0.25) is 48.1 Å². The number of carbonyl (C=O) groups is 6. The first-order valence-electron chi connectivity index (χ1n) is 24.0. The molecule has 2 atom stereocenters. The van der Waals surface area contributed by atoms with E-state index in [1.54, 1.807) is 52.6 Å². The lowest BCUT2D eigenvalue weighted by Gasteiger charge is -2.24. The number of carboxylic acid groups (broad SMARTS) is 1. The first-order chi connectivity index (χ1) is 36.2. The monoisotopic (exact) mass is 1130 g/mol. The third-order valence-electron chi connectivity index (χ3n) is 12.3. The molecule has 23 heteroatoms. The molecule has 8 heterocycles. The van der Waals surface area contributed by atoms with Crippen LogP contribution >= 0.6 is 25.9 Å². The molecule has 2 saturated heterocycles. The number of ketones is 2. The molecule has 2 fully saturated rings. The van der Waals surface area contributed by atoms with Gasteiger partial charge in [-0.05, 0) is 118 Å². The summed E-state index contributed by atoms with van der Waals surface area (Å²) in [6, 6.07) is 29.1. The maximum Gasteiger partial charge on any atom is 0.325 e. The van der Waals surface area contributed by atoms with Crippen molar-refractivity contribution in [2.24, 2.45) is 0 Å². The second-order valence-electron chi connectivity index (χ2n) is 17.7. The quantitative estimate of drug-likeness (QED) is 0.0841. The molecule has 2 aromatic carbocycles. The summed E-state index contributed by atoms with van der Waals surface area (Å²) in [7, 11) is 0. The molecule has 4 N–H and O–H groups in total. The highest BCUT2D eigenvalue weighted by molar-refractivity contribution is 8.07. The van der Waals surface area contributed by atoms with Gasteiger partial charge in [0.05, 0.1) is 17.1 Å². The Hall–Kier alpha value is -7.76. The minimum atomic E-state index is -1.00. The highest BCUT2D eigenvalue weighted by atomic mass is 35.5. The average molecular weight is 1130 g/mol. The van der Waals surface area contributed by atoms with Gasteiger partial charge in [0, 0.05) is 101 Å². The van der Waals surface area contributed by atoms with E-state index in [4.69, 9.17) is 5.11 Å². The van der Waals surface area contributed by atoms with Gasteiger partial charge in [0.2, 0.25) is 17.7 Å². The highest BCUT2D eigenvalue weighted by Gasteiger charge is 2.35. The number of halogens is 1. The van der Waals surface area contributed by atoms with E-state index in [-0.39, 0.29) is 87.4 Å². The summed E-state index contributed by atoms with van der Waals surface area (Å²) in [6.07, 6.45) is 10.2. The predicted octanol–water partition coefficient (Wildman–Crippen LogP) is 8.27. The number of amides is 3. The molecule has 0 radical (unpaired) electrons. The van der Waals surface area contributed by atoms with Crippen molar-refractivity contribution in [2.45, 2.75) is 86.0 Å². The number of aliphatic carboxylic acids is 1. The second kappa shape index (κ2) is 29.7. The van der Waals surface area contributed by atoms with Crippen LogP contribution in [0.5, 0.6) is 0 Å². The number of hydrogen-bond acceptors (Lipinski definition) is 15. The number of aryl methyl sites for hydroxylation is 2. The molecule has 0 spiro atoms. The van der Waals surface area contributed by atoms with Crippen LogP contribution in [0.15, 0.2) is 122 Å². The number of nitrogens with zero attached hydrogens (tertiary/aromatic N) is 9. The van der Waals surface area contributed by atoms with Crippen LogP contribution in [-0.4, -0.2) is 110 Å². The summed E-state index contributed by atoms with van der Waals surface area (Å²) >= 11 is 7.33. The zero-order valence-electron chi connectivity index (χ0n) is 42.5. The molecular formula is C55H61ClN12O7S3. The molecule has 3 amide bonds. The van der Waals surface area contributed by atoms with Gasteiger partial charge in [-0.25, -0.2) is 9.97 Å². The molecule has 2 aliphatic rings. The Morgan fingerprint density at radius 2 is 1.15 bits per heavy atom. The van der Waals surface area contributed by atoms with Crippen molar-refractivity contribution in [3.63, 3.8) is 0 Å². The topological polar surface area (TPSA) is 249 Å². The normalized spacial score (nSPS) is 14.0. The first kappa shape index (κ1) is 62.8. The number of pyridine rings is 4. The van der Waals surface area contributed by atoms with Gasteiger partial charge in [-0.1, -0.05) is 43.8 Å². The van der Waals surface area contributed by atoms with Crippen LogP contribution in [0.4, 0.5) is 11.6 Å². The molecule has 0 aliphatic carbocycles. The fourth-order valence-corrected chi connectivity index (χ4v) is 8.79. The Kier molecular flexibility index (Phi) is 23.9. The van der Waals surface area contributed by atoms with Crippen molar-refractivity contribution in [1.29, 1.82) is 0 Å². The number of carboxylic acids is 1. The minimum Gasteiger partial charge on any atom is -0.480 e. The van der Waals surface area contributed by atoms with Gasteiger partial charge in [0.15, 0.2) is 11.6 Å². The number of aromatic nitrogens is 8. The molecule has 8 aromatic rings. The van der Waals surface area contributed by atoms with Crippen LogP contribution in [0.25, 0.3) is 44.1 Å². The van der Waals surface area contributed by atoms with Gasteiger partial charge < -0.3 is 26.0 Å². The van der Waals surface area contributed by atoms with Crippen LogP contribution in [0, 0.1) is 13.8 Å². The zero-order valence-corrected chi connectivity index (χ0v) is 46.0. The molecular weight excluding hydrogens is 1070 g/mol. The summed E-state index contributed by atoms with van der Waals surface area (Å²) in [4.78, 5) is 91.4. The van der Waals surface area contributed by atoms with Crippen molar-refractivity contribution < 1.29 is 33.9 Å². The summed E-state index contributed by atoms with van der Waals surface area (Å²) in [6.45, 7) is 7.71. The number of rotatable bonds is 12. The molecule has 0 unspecified atom stereocenters. The smallest absolute Gasteiger partial charge is 0.325 e. The number of anilines is 2. The lowest BCUT2D eigenvalue weighted by Crippen LogP contribution is -2.44. The summed E-state index contributed by atoms with van der Waals surface area (Å²) < 4.78 is 2.89. The molecule has 78 heavy (non-hydrogen) atoms. The standard InChI is InChI=1S/C27H26N6O3.C16H13N3O3.C11H15N3O.CH4.ClH.S2.H2S/c1-17-6-3-9-24(29-17)30-27(36)23-8-5-13-32(23)25(35)16-33-22-11-10-19(20-7-4-12-28-15-20)14-21(22)26(31-33)18(2)34;1-10(20)16-13-7-11(12-3-2-6-17-8-12)4-5-14(13)19(18-16)9-15(21)22;1-8-4-2-6-10(13-8)14-11(15)9-5-3-7-12-9;;;1-2;/h3-4,6-7,9-12,14-15,23H,5,8,13,16H2,1-2H3,(H,29,30,36);2-8H,9H2,1H3,(H,21,22);2,4,6,9,12H,3,5,7H2,1H3,(H,13,14,15);1H4;1H;;1H2/t23-;;9-;;;;/m0.0..../s1. The molecule has 408 valence electrons. The summed E-state index contributed by atoms with van der Waals surface area (Å²) in [5.74, 6) is -0.741. The summed E-state index contributed by atoms with van der Waals surface area (Å²) in [5, 5.41) is 27.7. The SMILES string of the molecule is C.CC(=O)c1nn(CC(=O)N2CCC[C@H]2C(=O)Nc2cccc(C)n2)c2ccc(-c3cccnc3)cc12.CC(=O)c1nn(CC(=O)O)c2ccc(-c3cccnc3)cc12.Cc1cccc(NC(=O)[C@@H]2CCCN2)n1.Cl.S.S=S. The van der Waals surface area contributed by atoms with E-state index < -0.39 is 12.0 Å². The minimum absolute atomic E-state index is 0. The largest absolute Gasteiger partial charge is 0.480 e. The van der Waals surface area contributed by atoms with Crippen molar-refractivity contribution in [1.82, 2.24) is 49.7 Å². The van der Waals surface area contributed by atoms with E-state index in [2.05, 4.69) is 68.5 Å². The van der Waals surface area contributed by atoms with E-state index >= 15 is 0 Å². The number of benzene rings is 2. The number of likely N-dealkylation sites (tertiary alicyclic amines) is 1. The van der Waals surface area contributed by atoms with Gasteiger partial charge >= 0.3 is 5.97 Å². The molecule has 0 bridgehead atoms. The van der Waals surface area contributed by atoms with Crippen LogP contribution < -0.4 is 16.0 Å². The Morgan fingerprint density at radius 1 is 0.654 bits per heavy atom. The number of nitrogens with one attached hydrogen (secondary N) is 3. The highest BCUT2D eigenvalue weighted by Crippen LogP contribution is 2.29. The Balaban J connectivity index is 0.000000267. The van der Waals surface area contributed by atoms with Gasteiger partial charge in [0.25, 0.3) is 0 Å². The second-order valence-corrected chi connectivity index (χ2v) is 17.7. The molecule has 10 rings (SSSR count). The Morgan fingerprint density at radius 3 is 1.59 bits per heavy atom. The van der Waals surface area contributed by atoms with Crippen molar-refractivity contribution in [2.75, 3.05) is 23.7 Å². The van der Waals surface area contributed by atoms with Crippen LogP contribution in [0.1, 0.15) is 79.3 Å². The maximum atomic E-state index is 13.3. The van der Waals surface area contributed by atoms with Crippen molar-refractivity contribution in [3.8, 4) is 22.3 Å². The summed E-state index contributed by atoms with van der Waals surface area (Å²) in [5.41, 5.74) is 7.26. The lowest BCUT2D eigenvalue weighted by atomic mass is 10.0. The molecule has 2 aliphatic heterocycles. The average Bonchev–Trinajstić information content (AvgIpc) is 4.25. The third-order valence-corrected chi connectivity index (χ3v) is 12.3. The van der Waals surface area contributed by atoms with E-state index in [1.165, 1.54) is 18.5 Å². The Bertz CT molecular complexity index is 3380. The van der Waals surface area contributed by atoms with Crippen molar-refractivity contribution in [3.05, 3.63) is 145 Å². The fraction of sp³-hybridized carbons (Fsp3) is 0.273. The van der Waals surface area contributed by atoms with E-state index in [1.807, 2.05) is 92.7 Å². The number of fused-ring (bicyclic) bond motifs is 2. The molecule has 19 nitrogen and oxygen atoms in total. The first-order valence-corrected chi connectivity index (χ1v) is 25.3. The van der Waals surface area contributed by atoms with Gasteiger partial charge in [0.1, 0.15) is 42.2 Å². The molecule has 6 aromatic heterocycles. The Labute approximate surface area is 474 Å². The number of hydrogen-bond donors (Lipinski definition) is 4. The van der Waals surface area contributed by atoms with Gasteiger partial charge in [-0.2, -0.15) is 23.7 Å². The van der Waals surface area contributed by atoms with Crippen molar-refractivity contribution >= 4 is 117 Å². The van der Waals surface area contributed by atoms with Crippen LogP contribution in [-0.2, 0) is 54.6 Å².